The van der Waals surface area contributed by atoms with Crippen molar-refractivity contribution in [2.24, 2.45) is 0 Å². The van der Waals surface area contributed by atoms with Crippen LogP contribution in [0.25, 0.3) is 0 Å². The maximum atomic E-state index is 6.15. The Bertz CT molecular complexity index is 345. The molecule has 1 aromatic rings. The van der Waals surface area contributed by atoms with Crippen molar-refractivity contribution in [1.29, 1.82) is 0 Å². The Hall–Kier alpha value is -1.02. The van der Waals surface area contributed by atoms with E-state index in [1.165, 1.54) is 18.4 Å². The van der Waals surface area contributed by atoms with Crippen molar-refractivity contribution >= 4 is 0 Å². The smallest absolute Gasteiger partial charge is 0.123 e. The second-order valence-corrected chi connectivity index (χ2v) is 4.93. The van der Waals surface area contributed by atoms with Crippen molar-refractivity contribution in [2.75, 3.05) is 13.1 Å². The minimum absolute atomic E-state index is 0.342. The summed E-state index contributed by atoms with van der Waals surface area (Å²) in [6.45, 7) is 6.60. The van der Waals surface area contributed by atoms with Crippen molar-refractivity contribution < 1.29 is 4.74 Å². The number of nitrogens with one attached hydrogen (secondary N) is 1. The lowest BCUT2D eigenvalue weighted by Crippen LogP contribution is -2.37. The number of hydrogen-bond acceptors (Lipinski definition) is 2. The van der Waals surface area contributed by atoms with Gasteiger partial charge in [0.25, 0.3) is 0 Å². The van der Waals surface area contributed by atoms with Crippen LogP contribution in [-0.2, 0) is 0 Å². The van der Waals surface area contributed by atoms with Gasteiger partial charge in [-0.25, -0.2) is 0 Å². The van der Waals surface area contributed by atoms with Gasteiger partial charge in [0.2, 0.25) is 0 Å². The second kappa shape index (κ2) is 6.06. The Balaban J connectivity index is 2.08. The van der Waals surface area contributed by atoms with Crippen LogP contribution in [0.3, 0.4) is 0 Å². The normalized spacial score (nSPS) is 22.1. The van der Waals surface area contributed by atoms with Crippen molar-refractivity contribution in [1.82, 2.24) is 5.32 Å². The van der Waals surface area contributed by atoms with E-state index in [0.29, 0.717) is 12.0 Å². The highest BCUT2D eigenvalue weighted by molar-refractivity contribution is 5.36. The van der Waals surface area contributed by atoms with E-state index in [9.17, 15) is 0 Å². The van der Waals surface area contributed by atoms with Gasteiger partial charge in [-0.3, -0.25) is 0 Å². The Morgan fingerprint density at radius 2 is 2.24 bits per heavy atom. The molecule has 2 atom stereocenters. The molecule has 0 aromatic heterocycles. The third-order valence-corrected chi connectivity index (χ3v) is 3.61. The molecule has 1 fully saturated rings. The average Bonchev–Trinajstić information content (AvgIpc) is 2.40. The molecule has 2 unspecified atom stereocenters. The quantitative estimate of drug-likeness (QED) is 0.861. The topological polar surface area (TPSA) is 21.3 Å². The summed E-state index contributed by atoms with van der Waals surface area (Å²) in [5.74, 6) is 1.65. The van der Waals surface area contributed by atoms with Gasteiger partial charge < -0.3 is 10.1 Å². The molecule has 1 heterocycles. The predicted molar refractivity (Wildman–Crippen MR) is 71.7 cm³/mol. The lowest BCUT2D eigenvalue weighted by atomic mass is 9.97. The molecule has 0 radical (unpaired) electrons. The lowest BCUT2D eigenvalue weighted by Gasteiger charge is -2.26. The molecule has 2 rings (SSSR count). The van der Waals surface area contributed by atoms with E-state index in [-0.39, 0.29) is 0 Å². The number of para-hydroxylation sites is 1. The van der Waals surface area contributed by atoms with Gasteiger partial charge in [0.1, 0.15) is 11.9 Å². The van der Waals surface area contributed by atoms with Gasteiger partial charge in [0, 0.05) is 6.54 Å². The molecule has 1 aliphatic rings. The number of hydrogen-bond donors (Lipinski definition) is 1. The van der Waals surface area contributed by atoms with Crippen LogP contribution in [0.1, 0.15) is 44.6 Å². The van der Waals surface area contributed by atoms with Gasteiger partial charge in [-0.2, -0.15) is 0 Å². The standard InChI is InChI=1S/C15H23NO/c1-3-12(2)14-8-4-5-9-15(14)17-13-7-6-10-16-11-13/h4-5,8-9,12-13,16H,3,6-7,10-11H2,1-2H3. The second-order valence-electron chi connectivity index (χ2n) is 4.93. The van der Waals surface area contributed by atoms with Crippen LogP contribution in [0, 0.1) is 0 Å². The molecule has 1 saturated heterocycles. The zero-order valence-corrected chi connectivity index (χ0v) is 10.9. The number of benzene rings is 1. The summed E-state index contributed by atoms with van der Waals surface area (Å²) in [6, 6.07) is 8.47. The maximum Gasteiger partial charge on any atom is 0.123 e. The van der Waals surface area contributed by atoms with Crippen molar-refractivity contribution in [3.63, 3.8) is 0 Å². The first-order chi connectivity index (χ1) is 8.31. The average molecular weight is 233 g/mol. The molecular weight excluding hydrogens is 210 g/mol. The predicted octanol–water partition coefficient (Wildman–Crippen LogP) is 3.33. The molecule has 1 aromatic carbocycles. The molecule has 0 spiro atoms. The highest BCUT2D eigenvalue weighted by Crippen LogP contribution is 2.29. The summed E-state index contributed by atoms with van der Waals surface area (Å²) >= 11 is 0. The third kappa shape index (κ3) is 3.22. The summed E-state index contributed by atoms with van der Waals surface area (Å²) in [7, 11) is 0. The molecule has 0 bridgehead atoms. The van der Waals surface area contributed by atoms with E-state index >= 15 is 0 Å². The summed E-state index contributed by atoms with van der Waals surface area (Å²) < 4.78 is 6.15. The number of rotatable bonds is 4. The minimum Gasteiger partial charge on any atom is -0.489 e. The van der Waals surface area contributed by atoms with E-state index in [1.807, 2.05) is 0 Å². The maximum absolute atomic E-state index is 6.15. The van der Waals surface area contributed by atoms with Crippen LogP contribution in [0.5, 0.6) is 5.75 Å². The molecule has 94 valence electrons. The van der Waals surface area contributed by atoms with Gasteiger partial charge >= 0.3 is 0 Å². The Labute approximate surface area is 104 Å². The molecule has 2 heteroatoms. The fourth-order valence-corrected chi connectivity index (χ4v) is 2.31. The molecule has 0 saturated carbocycles. The molecule has 1 aliphatic heterocycles. The SMILES string of the molecule is CCC(C)c1ccccc1OC1CCCNC1. The summed E-state index contributed by atoms with van der Waals surface area (Å²) in [4.78, 5) is 0. The summed E-state index contributed by atoms with van der Waals surface area (Å²) in [6.07, 6.45) is 3.88. The van der Waals surface area contributed by atoms with Gasteiger partial charge in [0.05, 0.1) is 0 Å². The first-order valence-corrected chi connectivity index (χ1v) is 6.77. The van der Waals surface area contributed by atoms with Crippen LogP contribution >= 0.6 is 0 Å². The fourth-order valence-electron chi connectivity index (χ4n) is 2.31. The molecular formula is C15H23NO. The highest BCUT2D eigenvalue weighted by atomic mass is 16.5. The Morgan fingerprint density at radius 3 is 2.94 bits per heavy atom. The van der Waals surface area contributed by atoms with Crippen molar-refractivity contribution in [3.05, 3.63) is 29.8 Å². The van der Waals surface area contributed by atoms with Crippen LogP contribution in [0.15, 0.2) is 24.3 Å². The zero-order valence-electron chi connectivity index (χ0n) is 10.9. The zero-order chi connectivity index (χ0) is 12.1. The van der Waals surface area contributed by atoms with Crippen LogP contribution in [0.2, 0.25) is 0 Å². The van der Waals surface area contributed by atoms with Crippen LogP contribution in [0.4, 0.5) is 0 Å². The number of ether oxygens (including phenoxy) is 1. The van der Waals surface area contributed by atoms with Crippen LogP contribution < -0.4 is 10.1 Å². The first kappa shape index (κ1) is 12.4. The first-order valence-electron chi connectivity index (χ1n) is 6.77. The molecule has 0 aliphatic carbocycles. The highest BCUT2D eigenvalue weighted by Gasteiger charge is 2.17. The van der Waals surface area contributed by atoms with Gasteiger partial charge in [-0.15, -0.1) is 0 Å². The monoisotopic (exact) mass is 233 g/mol. The lowest BCUT2D eigenvalue weighted by molar-refractivity contribution is 0.165. The fraction of sp³-hybridized carbons (Fsp3) is 0.600. The largest absolute Gasteiger partial charge is 0.489 e. The molecule has 0 amide bonds. The van der Waals surface area contributed by atoms with E-state index in [4.69, 9.17) is 4.74 Å². The minimum atomic E-state index is 0.342. The third-order valence-electron chi connectivity index (χ3n) is 3.61. The molecule has 1 N–H and O–H groups in total. The van der Waals surface area contributed by atoms with Gasteiger partial charge in [-0.1, -0.05) is 32.0 Å². The summed E-state index contributed by atoms with van der Waals surface area (Å²) in [5, 5.41) is 3.39. The summed E-state index contributed by atoms with van der Waals surface area (Å²) in [5.41, 5.74) is 1.35. The van der Waals surface area contributed by atoms with Crippen molar-refractivity contribution in [3.8, 4) is 5.75 Å². The van der Waals surface area contributed by atoms with Crippen LogP contribution in [-0.4, -0.2) is 19.2 Å². The van der Waals surface area contributed by atoms with E-state index in [0.717, 1.165) is 25.3 Å². The Kier molecular flexibility index (Phi) is 4.43. The van der Waals surface area contributed by atoms with Gasteiger partial charge in [0.15, 0.2) is 0 Å². The molecule has 2 nitrogen and oxygen atoms in total. The van der Waals surface area contributed by atoms with Crippen molar-refractivity contribution in [2.45, 2.75) is 45.1 Å². The number of piperidine rings is 1. The van der Waals surface area contributed by atoms with Gasteiger partial charge in [-0.05, 0) is 43.4 Å². The van der Waals surface area contributed by atoms with E-state index < -0.39 is 0 Å². The molecule has 17 heavy (non-hydrogen) atoms. The van der Waals surface area contributed by atoms with E-state index in [1.54, 1.807) is 0 Å². The Morgan fingerprint density at radius 1 is 1.41 bits per heavy atom. The van der Waals surface area contributed by atoms with E-state index in [2.05, 4.69) is 43.4 Å².